The first-order chi connectivity index (χ1) is 17.0. The van der Waals surface area contributed by atoms with Gasteiger partial charge in [-0.05, 0) is 47.7 Å². The van der Waals surface area contributed by atoms with Crippen LogP contribution in [0.5, 0.6) is 0 Å². The summed E-state index contributed by atoms with van der Waals surface area (Å²) in [6.07, 6.45) is -3.34. The van der Waals surface area contributed by atoms with Crippen molar-refractivity contribution in [3.8, 4) is 0 Å². The number of fused-ring (bicyclic) bond motifs is 1. The Labute approximate surface area is 213 Å². The van der Waals surface area contributed by atoms with Gasteiger partial charge in [0, 0.05) is 5.02 Å². The number of ether oxygens (including phenoxy) is 1. The molecule has 5 nitrogen and oxygen atoms in total. The van der Waals surface area contributed by atoms with E-state index < -0.39 is 35.0 Å². The number of rotatable bonds is 5. The third-order valence-electron chi connectivity index (χ3n) is 5.68. The van der Waals surface area contributed by atoms with E-state index in [9.17, 15) is 22.8 Å². The fourth-order valence-electron chi connectivity index (χ4n) is 3.93. The summed E-state index contributed by atoms with van der Waals surface area (Å²) in [5.41, 5.74) is -0.580. The molecule has 36 heavy (non-hydrogen) atoms. The molecule has 3 aromatic rings. The minimum absolute atomic E-state index is 0.141. The van der Waals surface area contributed by atoms with E-state index in [4.69, 9.17) is 16.3 Å². The summed E-state index contributed by atoms with van der Waals surface area (Å²) in [5.74, 6) is -0.863. The number of halogens is 4. The maximum Gasteiger partial charge on any atom is 0.434 e. The van der Waals surface area contributed by atoms with E-state index in [1.807, 2.05) is 24.3 Å². The SMILES string of the molecule is CCOC(=O)C1=C(C(F)(F)F)N=c2s/c(=C\c3ccc(C(C)C)cc3)c(=O)n2[C@H]1c1ccc(Cl)cc1. The number of thiazole rings is 1. The second kappa shape index (κ2) is 10.1. The quantitative estimate of drug-likeness (QED) is 0.427. The Balaban J connectivity index is 1.99. The first-order valence-corrected chi connectivity index (χ1v) is 12.4. The van der Waals surface area contributed by atoms with Gasteiger partial charge in [0.25, 0.3) is 5.56 Å². The van der Waals surface area contributed by atoms with Crippen LogP contribution in [0.2, 0.25) is 5.02 Å². The predicted octanol–water partition coefficient (Wildman–Crippen LogP) is 5.12. The number of allylic oxidation sites excluding steroid dienone is 1. The van der Waals surface area contributed by atoms with Gasteiger partial charge in [0.1, 0.15) is 0 Å². The lowest BCUT2D eigenvalue weighted by Crippen LogP contribution is -2.41. The minimum atomic E-state index is -4.95. The van der Waals surface area contributed by atoms with Crippen LogP contribution in [0.3, 0.4) is 0 Å². The number of carbonyl (C=O) groups is 1. The van der Waals surface area contributed by atoms with Crippen molar-refractivity contribution in [3.05, 3.63) is 101 Å². The predicted molar refractivity (Wildman–Crippen MR) is 133 cm³/mol. The van der Waals surface area contributed by atoms with Gasteiger partial charge in [-0.15, -0.1) is 0 Å². The van der Waals surface area contributed by atoms with Gasteiger partial charge in [-0.3, -0.25) is 9.36 Å². The molecule has 4 rings (SSSR count). The zero-order chi connectivity index (χ0) is 26.2. The van der Waals surface area contributed by atoms with E-state index in [2.05, 4.69) is 18.8 Å². The van der Waals surface area contributed by atoms with E-state index in [1.54, 1.807) is 6.08 Å². The standard InChI is InChI=1S/C26H22ClF3N2O3S/c1-4-35-24(34)20-21(17-9-11-18(27)12-10-17)32-23(33)19(36-25(32)31-22(20)26(28,29)30)13-15-5-7-16(8-6-15)14(2)3/h5-14,21H,4H2,1-3H3/b19-13-/t21-/m0/s1. The van der Waals surface area contributed by atoms with E-state index >= 15 is 0 Å². The highest BCUT2D eigenvalue weighted by Gasteiger charge is 2.45. The van der Waals surface area contributed by atoms with Gasteiger partial charge in [-0.25, -0.2) is 9.79 Å². The summed E-state index contributed by atoms with van der Waals surface area (Å²) in [7, 11) is 0. The third-order valence-corrected chi connectivity index (χ3v) is 6.92. The van der Waals surface area contributed by atoms with Crippen molar-refractivity contribution in [1.29, 1.82) is 0 Å². The average Bonchev–Trinajstić information content (AvgIpc) is 3.13. The Morgan fingerprint density at radius 2 is 1.81 bits per heavy atom. The zero-order valence-corrected chi connectivity index (χ0v) is 21.2. The number of esters is 1. The molecule has 0 unspecified atom stereocenters. The molecular formula is C26H22ClF3N2O3S. The largest absolute Gasteiger partial charge is 0.463 e. The topological polar surface area (TPSA) is 60.7 Å². The van der Waals surface area contributed by atoms with Gasteiger partial charge in [0.2, 0.25) is 0 Å². The minimum Gasteiger partial charge on any atom is -0.463 e. The fraction of sp³-hybridized carbons (Fsp3) is 0.269. The van der Waals surface area contributed by atoms with E-state index in [1.165, 1.54) is 31.2 Å². The maximum atomic E-state index is 14.1. The molecule has 10 heteroatoms. The highest BCUT2D eigenvalue weighted by molar-refractivity contribution is 7.07. The van der Waals surface area contributed by atoms with E-state index in [0.717, 1.165) is 21.5 Å². The van der Waals surface area contributed by atoms with Crippen molar-refractivity contribution in [3.63, 3.8) is 0 Å². The van der Waals surface area contributed by atoms with Gasteiger partial charge in [0.15, 0.2) is 10.5 Å². The first kappa shape index (κ1) is 25.9. The summed E-state index contributed by atoms with van der Waals surface area (Å²) in [6, 6.07) is 12.1. The maximum absolute atomic E-state index is 14.1. The van der Waals surface area contributed by atoms with Crippen molar-refractivity contribution in [2.75, 3.05) is 6.61 Å². The molecule has 2 aromatic carbocycles. The number of hydrogen-bond acceptors (Lipinski definition) is 5. The van der Waals surface area contributed by atoms with Crippen LogP contribution >= 0.6 is 22.9 Å². The molecule has 188 valence electrons. The van der Waals surface area contributed by atoms with Crippen LogP contribution in [0.15, 0.2) is 69.6 Å². The Morgan fingerprint density at radius 3 is 2.36 bits per heavy atom. The number of aromatic nitrogens is 1. The van der Waals surface area contributed by atoms with E-state index in [0.29, 0.717) is 16.5 Å². The molecule has 0 saturated carbocycles. The summed E-state index contributed by atoms with van der Waals surface area (Å²) in [6.45, 7) is 5.47. The number of carbonyl (C=O) groups excluding carboxylic acids is 1. The molecule has 0 fully saturated rings. The van der Waals surface area contributed by atoms with Crippen molar-refractivity contribution >= 4 is 35.0 Å². The molecule has 0 bridgehead atoms. The highest BCUT2D eigenvalue weighted by atomic mass is 35.5. The van der Waals surface area contributed by atoms with Crippen molar-refractivity contribution in [2.24, 2.45) is 4.99 Å². The number of benzene rings is 2. The zero-order valence-electron chi connectivity index (χ0n) is 19.6. The number of nitrogens with zero attached hydrogens (tertiary/aromatic N) is 2. The molecule has 0 amide bonds. The van der Waals surface area contributed by atoms with Gasteiger partial charge in [-0.1, -0.05) is 73.2 Å². The Hall–Kier alpha value is -3.17. The lowest BCUT2D eigenvalue weighted by atomic mass is 9.95. The van der Waals surface area contributed by atoms with Crippen LogP contribution in [0, 0.1) is 0 Å². The van der Waals surface area contributed by atoms with Crippen LogP contribution in [0.25, 0.3) is 6.08 Å². The molecule has 0 N–H and O–H groups in total. The number of hydrogen-bond donors (Lipinski definition) is 0. The Bertz CT molecular complexity index is 1500. The van der Waals surface area contributed by atoms with Crippen LogP contribution in [-0.4, -0.2) is 23.3 Å². The first-order valence-electron chi connectivity index (χ1n) is 11.2. The molecule has 2 heterocycles. The monoisotopic (exact) mass is 534 g/mol. The normalized spacial score (nSPS) is 16.2. The summed E-state index contributed by atoms with van der Waals surface area (Å²) in [4.78, 5) is 29.9. The van der Waals surface area contributed by atoms with Gasteiger partial charge in [0.05, 0.1) is 22.8 Å². The molecule has 1 aromatic heterocycles. The van der Waals surface area contributed by atoms with Crippen molar-refractivity contribution < 1.29 is 22.7 Å². The lowest BCUT2D eigenvalue weighted by molar-refractivity contribution is -0.140. The lowest BCUT2D eigenvalue weighted by Gasteiger charge is -2.26. The number of alkyl halides is 3. The molecule has 1 atom stereocenters. The third kappa shape index (κ3) is 5.03. The Morgan fingerprint density at radius 1 is 1.17 bits per heavy atom. The van der Waals surface area contributed by atoms with E-state index in [-0.39, 0.29) is 21.5 Å². The molecular weight excluding hydrogens is 513 g/mol. The molecule has 0 aliphatic carbocycles. The van der Waals surface area contributed by atoms with Crippen molar-refractivity contribution in [1.82, 2.24) is 4.57 Å². The average molecular weight is 535 g/mol. The van der Waals surface area contributed by atoms with Gasteiger partial charge in [-0.2, -0.15) is 13.2 Å². The summed E-state index contributed by atoms with van der Waals surface area (Å²) in [5, 5.41) is 0.355. The summed E-state index contributed by atoms with van der Waals surface area (Å²) >= 11 is 6.82. The fourth-order valence-corrected chi connectivity index (χ4v) is 5.06. The van der Waals surface area contributed by atoms with Gasteiger partial charge >= 0.3 is 12.1 Å². The molecule has 1 aliphatic heterocycles. The van der Waals surface area contributed by atoms with Crippen LogP contribution in [0.1, 0.15) is 49.4 Å². The molecule has 0 saturated heterocycles. The Kier molecular flexibility index (Phi) is 7.24. The van der Waals surface area contributed by atoms with Crippen LogP contribution < -0.4 is 14.9 Å². The van der Waals surface area contributed by atoms with Crippen molar-refractivity contribution in [2.45, 2.75) is 38.9 Å². The second-order valence-electron chi connectivity index (χ2n) is 8.44. The smallest absolute Gasteiger partial charge is 0.434 e. The van der Waals surface area contributed by atoms with Gasteiger partial charge < -0.3 is 4.74 Å². The molecule has 0 spiro atoms. The molecule has 0 radical (unpaired) electrons. The highest BCUT2D eigenvalue weighted by Crippen LogP contribution is 2.38. The summed E-state index contributed by atoms with van der Waals surface area (Å²) < 4.78 is 48.6. The van der Waals surface area contributed by atoms with Crippen LogP contribution in [-0.2, 0) is 9.53 Å². The second-order valence-corrected chi connectivity index (χ2v) is 9.88. The van der Waals surface area contributed by atoms with Crippen LogP contribution in [0.4, 0.5) is 13.2 Å². The molecule has 1 aliphatic rings.